The van der Waals surface area contributed by atoms with Crippen molar-refractivity contribution < 1.29 is 9.59 Å². The smallest absolute Gasteiger partial charge is 0.256 e. The SMILES string of the molecule is Cc1ccc2c(c1)C(=O)N1CCCC1C(=O)N2C. The van der Waals surface area contributed by atoms with Crippen LogP contribution in [0, 0.1) is 6.92 Å². The minimum atomic E-state index is -0.268. The van der Waals surface area contributed by atoms with Gasteiger partial charge in [0.15, 0.2) is 0 Å². The molecule has 2 aliphatic heterocycles. The molecule has 2 amide bonds. The summed E-state index contributed by atoms with van der Waals surface area (Å²) in [6, 6.07) is 5.41. The van der Waals surface area contributed by atoms with Crippen LogP contribution in [0.2, 0.25) is 0 Å². The van der Waals surface area contributed by atoms with Gasteiger partial charge in [-0.3, -0.25) is 9.59 Å². The lowest BCUT2D eigenvalue weighted by Gasteiger charge is -2.22. The average molecular weight is 244 g/mol. The van der Waals surface area contributed by atoms with Crippen LogP contribution in [0.25, 0.3) is 0 Å². The van der Waals surface area contributed by atoms with Crippen molar-refractivity contribution in [3.05, 3.63) is 29.3 Å². The fourth-order valence-corrected chi connectivity index (χ4v) is 2.88. The molecule has 3 rings (SSSR count). The number of benzene rings is 1. The Morgan fingerprint density at radius 1 is 1.28 bits per heavy atom. The summed E-state index contributed by atoms with van der Waals surface area (Å²) in [4.78, 5) is 28.2. The zero-order valence-corrected chi connectivity index (χ0v) is 10.6. The number of aryl methyl sites for hydroxylation is 1. The highest BCUT2D eigenvalue weighted by Gasteiger charge is 2.40. The molecule has 0 aromatic heterocycles. The standard InChI is InChI=1S/C14H16N2O2/c1-9-5-6-11-10(8-9)13(17)16-7-3-4-12(16)14(18)15(11)2/h5-6,8,12H,3-4,7H2,1-2H3. The largest absolute Gasteiger partial charge is 0.327 e. The van der Waals surface area contributed by atoms with Crippen LogP contribution < -0.4 is 4.90 Å². The number of nitrogens with zero attached hydrogens (tertiary/aromatic N) is 2. The monoisotopic (exact) mass is 244 g/mol. The molecule has 1 unspecified atom stereocenters. The summed E-state index contributed by atoms with van der Waals surface area (Å²) in [5, 5.41) is 0. The van der Waals surface area contributed by atoms with Crippen LogP contribution in [0.3, 0.4) is 0 Å². The van der Waals surface area contributed by atoms with E-state index in [1.165, 1.54) is 0 Å². The van der Waals surface area contributed by atoms with Crippen molar-refractivity contribution in [3.63, 3.8) is 0 Å². The number of hydrogen-bond donors (Lipinski definition) is 0. The van der Waals surface area contributed by atoms with Crippen LogP contribution in [0.15, 0.2) is 18.2 Å². The summed E-state index contributed by atoms with van der Waals surface area (Å²) in [5.41, 5.74) is 2.42. The number of carbonyl (C=O) groups excluding carboxylic acids is 2. The minimum absolute atomic E-state index is 0.00565. The number of hydrogen-bond acceptors (Lipinski definition) is 2. The third-order valence-corrected chi connectivity index (χ3v) is 3.87. The number of carbonyl (C=O) groups is 2. The Bertz CT molecular complexity index is 539. The van der Waals surface area contributed by atoms with Gasteiger partial charge in [0.25, 0.3) is 5.91 Å². The Morgan fingerprint density at radius 2 is 2.06 bits per heavy atom. The summed E-state index contributed by atoms with van der Waals surface area (Å²) in [6.45, 7) is 2.65. The third-order valence-electron chi connectivity index (χ3n) is 3.87. The van der Waals surface area contributed by atoms with Crippen molar-refractivity contribution in [1.29, 1.82) is 0 Å². The topological polar surface area (TPSA) is 40.6 Å². The number of amides is 2. The van der Waals surface area contributed by atoms with Gasteiger partial charge in [0.05, 0.1) is 11.3 Å². The zero-order chi connectivity index (χ0) is 12.9. The van der Waals surface area contributed by atoms with E-state index in [0.29, 0.717) is 12.1 Å². The molecule has 2 heterocycles. The number of fused-ring (bicyclic) bond motifs is 2. The van der Waals surface area contributed by atoms with E-state index in [9.17, 15) is 9.59 Å². The second kappa shape index (κ2) is 3.83. The number of anilines is 1. The van der Waals surface area contributed by atoms with Crippen LogP contribution in [0.5, 0.6) is 0 Å². The van der Waals surface area contributed by atoms with Gasteiger partial charge in [0.1, 0.15) is 6.04 Å². The van der Waals surface area contributed by atoms with Gasteiger partial charge in [-0.15, -0.1) is 0 Å². The van der Waals surface area contributed by atoms with E-state index < -0.39 is 0 Å². The van der Waals surface area contributed by atoms with E-state index in [4.69, 9.17) is 0 Å². The molecule has 2 aliphatic rings. The van der Waals surface area contributed by atoms with E-state index in [1.807, 2.05) is 25.1 Å². The molecule has 4 nitrogen and oxygen atoms in total. The van der Waals surface area contributed by atoms with Crippen molar-refractivity contribution in [3.8, 4) is 0 Å². The first-order chi connectivity index (χ1) is 8.59. The van der Waals surface area contributed by atoms with Crippen LogP contribution in [-0.2, 0) is 4.79 Å². The molecule has 0 spiro atoms. The highest BCUT2D eigenvalue weighted by Crippen LogP contribution is 2.31. The number of rotatable bonds is 0. The molecular weight excluding hydrogens is 228 g/mol. The highest BCUT2D eigenvalue weighted by atomic mass is 16.2. The van der Waals surface area contributed by atoms with Gasteiger partial charge in [-0.2, -0.15) is 0 Å². The van der Waals surface area contributed by atoms with Crippen LogP contribution in [-0.4, -0.2) is 36.3 Å². The maximum absolute atomic E-state index is 12.5. The van der Waals surface area contributed by atoms with Crippen molar-refractivity contribution >= 4 is 17.5 Å². The molecule has 94 valence electrons. The molecular formula is C14H16N2O2. The summed E-state index contributed by atoms with van der Waals surface area (Å²) >= 11 is 0. The molecule has 0 aliphatic carbocycles. The van der Waals surface area contributed by atoms with E-state index in [-0.39, 0.29) is 17.9 Å². The highest BCUT2D eigenvalue weighted by molar-refractivity contribution is 6.11. The molecule has 4 heteroatoms. The predicted molar refractivity (Wildman–Crippen MR) is 68.6 cm³/mol. The van der Waals surface area contributed by atoms with Gasteiger partial charge in [-0.1, -0.05) is 11.6 Å². The Morgan fingerprint density at radius 3 is 2.83 bits per heavy atom. The minimum Gasteiger partial charge on any atom is -0.327 e. The summed E-state index contributed by atoms with van der Waals surface area (Å²) in [7, 11) is 1.76. The van der Waals surface area contributed by atoms with Gasteiger partial charge in [-0.05, 0) is 31.9 Å². The summed E-state index contributed by atoms with van der Waals surface area (Å²) in [6.07, 6.45) is 1.69. The lowest BCUT2D eigenvalue weighted by Crippen LogP contribution is -2.43. The number of likely N-dealkylation sites (N-methyl/N-ethyl adjacent to an activating group) is 1. The quantitative estimate of drug-likeness (QED) is 0.695. The van der Waals surface area contributed by atoms with Crippen molar-refractivity contribution in [2.24, 2.45) is 0 Å². The average Bonchev–Trinajstić information content (AvgIpc) is 2.82. The Kier molecular flexibility index (Phi) is 2.40. The third kappa shape index (κ3) is 1.45. The molecule has 18 heavy (non-hydrogen) atoms. The molecule has 1 atom stereocenters. The molecule has 1 aromatic carbocycles. The first kappa shape index (κ1) is 11.3. The van der Waals surface area contributed by atoms with Crippen molar-refractivity contribution in [1.82, 2.24) is 4.90 Å². The molecule has 0 N–H and O–H groups in total. The van der Waals surface area contributed by atoms with E-state index in [1.54, 1.807) is 16.8 Å². The molecule has 0 saturated carbocycles. The van der Waals surface area contributed by atoms with Gasteiger partial charge in [0.2, 0.25) is 5.91 Å². The summed E-state index contributed by atoms with van der Waals surface area (Å²) < 4.78 is 0. The molecule has 0 bridgehead atoms. The Hall–Kier alpha value is -1.84. The first-order valence-corrected chi connectivity index (χ1v) is 6.29. The fourth-order valence-electron chi connectivity index (χ4n) is 2.88. The zero-order valence-electron chi connectivity index (χ0n) is 10.6. The van der Waals surface area contributed by atoms with Crippen molar-refractivity contribution in [2.75, 3.05) is 18.5 Å². The second-order valence-electron chi connectivity index (χ2n) is 5.07. The molecule has 1 aromatic rings. The first-order valence-electron chi connectivity index (χ1n) is 6.29. The van der Waals surface area contributed by atoms with Gasteiger partial charge < -0.3 is 9.80 Å². The van der Waals surface area contributed by atoms with E-state index in [2.05, 4.69) is 0 Å². The normalized spacial score (nSPS) is 22.9. The fraction of sp³-hybridized carbons (Fsp3) is 0.429. The van der Waals surface area contributed by atoms with Crippen LogP contribution in [0.4, 0.5) is 5.69 Å². The summed E-state index contributed by atoms with van der Waals surface area (Å²) in [5.74, 6) is 0.0253. The lowest BCUT2D eigenvalue weighted by molar-refractivity contribution is -0.121. The second-order valence-corrected chi connectivity index (χ2v) is 5.07. The van der Waals surface area contributed by atoms with E-state index >= 15 is 0 Å². The van der Waals surface area contributed by atoms with Gasteiger partial charge in [0, 0.05) is 13.6 Å². The maximum Gasteiger partial charge on any atom is 0.256 e. The van der Waals surface area contributed by atoms with Crippen molar-refractivity contribution in [2.45, 2.75) is 25.8 Å². The van der Waals surface area contributed by atoms with Gasteiger partial charge >= 0.3 is 0 Å². The van der Waals surface area contributed by atoms with Crippen LogP contribution in [0.1, 0.15) is 28.8 Å². The Balaban J connectivity index is 2.18. The van der Waals surface area contributed by atoms with Crippen LogP contribution >= 0.6 is 0 Å². The van der Waals surface area contributed by atoms with Gasteiger partial charge in [-0.25, -0.2) is 0 Å². The Labute approximate surface area is 106 Å². The van der Waals surface area contributed by atoms with E-state index in [0.717, 1.165) is 24.1 Å². The molecule has 1 fully saturated rings. The maximum atomic E-state index is 12.5. The lowest BCUT2D eigenvalue weighted by atomic mass is 10.1. The molecule has 0 radical (unpaired) electrons. The molecule has 1 saturated heterocycles. The predicted octanol–water partition coefficient (Wildman–Crippen LogP) is 1.58.